The lowest BCUT2D eigenvalue weighted by molar-refractivity contribution is 0.139. The molecular formula is C17H23NO3. The molecule has 1 fully saturated rings. The third kappa shape index (κ3) is 3.05. The predicted molar refractivity (Wildman–Crippen MR) is 82.2 cm³/mol. The standard InChI is InChI=1S/C17H23NO3/c1-18-14-9-8-13(11-16(14)21-17(18)20)15(19)10-12-6-4-2-3-5-7-12/h8-9,11-12,15,19H,2-7,10H2,1H3. The summed E-state index contributed by atoms with van der Waals surface area (Å²) in [5.74, 6) is 0.251. The van der Waals surface area contributed by atoms with Crippen molar-refractivity contribution in [3.05, 3.63) is 34.3 Å². The number of rotatable bonds is 3. The average molecular weight is 289 g/mol. The molecule has 0 aliphatic heterocycles. The molecule has 2 aromatic rings. The Morgan fingerprint density at radius 1 is 1.29 bits per heavy atom. The zero-order chi connectivity index (χ0) is 14.8. The van der Waals surface area contributed by atoms with E-state index in [0.717, 1.165) is 17.5 Å². The van der Waals surface area contributed by atoms with Crippen LogP contribution in [0.25, 0.3) is 11.1 Å². The van der Waals surface area contributed by atoms with Crippen LogP contribution in [0, 0.1) is 5.92 Å². The van der Waals surface area contributed by atoms with Gasteiger partial charge in [-0.15, -0.1) is 0 Å². The van der Waals surface area contributed by atoms with Gasteiger partial charge in [0.25, 0.3) is 0 Å². The highest BCUT2D eigenvalue weighted by atomic mass is 16.4. The summed E-state index contributed by atoms with van der Waals surface area (Å²) in [6.45, 7) is 0. The molecule has 21 heavy (non-hydrogen) atoms. The number of hydrogen-bond acceptors (Lipinski definition) is 3. The Hall–Kier alpha value is -1.55. The van der Waals surface area contributed by atoms with Crippen molar-refractivity contribution in [1.82, 2.24) is 4.57 Å². The highest BCUT2D eigenvalue weighted by Gasteiger charge is 2.18. The van der Waals surface area contributed by atoms with E-state index in [1.807, 2.05) is 12.1 Å². The Kier molecular flexibility index (Phi) is 4.15. The molecule has 0 bridgehead atoms. The Labute approximate surface area is 124 Å². The van der Waals surface area contributed by atoms with Crippen LogP contribution in [0.2, 0.25) is 0 Å². The molecule has 1 aliphatic carbocycles. The monoisotopic (exact) mass is 289 g/mol. The van der Waals surface area contributed by atoms with Crippen LogP contribution in [0.3, 0.4) is 0 Å². The number of aromatic nitrogens is 1. The second-order valence-corrected chi connectivity index (χ2v) is 6.26. The number of aliphatic hydroxyl groups excluding tert-OH is 1. The van der Waals surface area contributed by atoms with Crippen molar-refractivity contribution in [2.45, 2.75) is 51.0 Å². The van der Waals surface area contributed by atoms with E-state index in [9.17, 15) is 9.90 Å². The smallest absolute Gasteiger partial charge is 0.408 e. The van der Waals surface area contributed by atoms with E-state index >= 15 is 0 Å². The maximum atomic E-state index is 11.5. The molecule has 1 aliphatic rings. The maximum Gasteiger partial charge on any atom is 0.419 e. The van der Waals surface area contributed by atoms with Crippen molar-refractivity contribution in [2.24, 2.45) is 13.0 Å². The lowest BCUT2D eigenvalue weighted by atomic mass is 9.91. The number of oxazole rings is 1. The second kappa shape index (κ2) is 6.06. The van der Waals surface area contributed by atoms with Crippen molar-refractivity contribution >= 4 is 11.1 Å². The Bertz CT molecular complexity index is 662. The van der Waals surface area contributed by atoms with Gasteiger partial charge in [-0.05, 0) is 30.0 Å². The molecule has 4 nitrogen and oxygen atoms in total. The Balaban J connectivity index is 1.77. The molecular weight excluding hydrogens is 266 g/mol. The van der Waals surface area contributed by atoms with E-state index in [-0.39, 0.29) is 5.76 Å². The first-order valence-electron chi connectivity index (χ1n) is 7.92. The molecule has 0 amide bonds. The molecule has 4 heteroatoms. The molecule has 3 rings (SSSR count). The summed E-state index contributed by atoms with van der Waals surface area (Å²) in [4.78, 5) is 11.5. The van der Waals surface area contributed by atoms with Gasteiger partial charge in [-0.25, -0.2) is 4.79 Å². The molecule has 0 radical (unpaired) electrons. The third-order valence-corrected chi connectivity index (χ3v) is 4.73. The van der Waals surface area contributed by atoms with Gasteiger partial charge < -0.3 is 9.52 Å². The molecule has 1 atom stereocenters. The van der Waals surface area contributed by atoms with Gasteiger partial charge in [0.1, 0.15) is 0 Å². The summed E-state index contributed by atoms with van der Waals surface area (Å²) in [5, 5.41) is 10.5. The van der Waals surface area contributed by atoms with E-state index in [0.29, 0.717) is 11.5 Å². The van der Waals surface area contributed by atoms with Crippen LogP contribution >= 0.6 is 0 Å². The fourth-order valence-corrected chi connectivity index (χ4v) is 3.41. The molecule has 1 heterocycles. The van der Waals surface area contributed by atoms with Crippen molar-refractivity contribution in [2.75, 3.05) is 0 Å². The molecule has 0 spiro atoms. The maximum absolute atomic E-state index is 11.5. The molecule has 1 unspecified atom stereocenters. The summed E-state index contributed by atoms with van der Waals surface area (Å²) in [6, 6.07) is 5.56. The van der Waals surface area contributed by atoms with Crippen molar-refractivity contribution in [3.8, 4) is 0 Å². The van der Waals surface area contributed by atoms with Crippen molar-refractivity contribution in [3.63, 3.8) is 0 Å². The lowest BCUT2D eigenvalue weighted by Gasteiger charge is -2.18. The number of fused-ring (bicyclic) bond motifs is 1. The molecule has 0 saturated heterocycles. The van der Waals surface area contributed by atoms with Gasteiger partial charge in [0, 0.05) is 7.05 Å². The SMILES string of the molecule is Cn1c(=O)oc2cc(C(O)CC3CCCCCC3)ccc21. The van der Waals surface area contributed by atoms with Crippen LogP contribution in [-0.2, 0) is 7.05 Å². The zero-order valence-corrected chi connectivity index (χ0v) is 12.5. The fourth-order valence-electron chi connectivity index (χ4n) is 3.41. The largest absolute Gasteiger partial charge is 0.419 e. The first-order valence-corrected chi connectivity index (χ1v) is 7.92. The predicted octanol–water partition coefficient (Wildman–Crippen LogP) is 3.53. The summed E-state index contributed by atoms with van der Waals surface area (Å²) in [7, 11) is 1.69. The molecule has 1 N–H and O–H groups in total. The first kappa shape index (κ1) is 14.4. The minimum absolute atomic E-state index is 0.361. The second-order valence-electron chi connectivity index (χ2n) is 6.26. The highest BCUT2D eigenvalue weighted by molar-refractivity contribution is 5.73. The van der Waals surface area contributed by atoms with Gasteiger partial charge in [0.15, 0.2) is 5.58 Å². The first-order chi connectivity index (χ1) is 10.1. The van der Waals surface area contributed by atoms with Gasteiger partial charge in [0.05, 0.1) is 11.6 Å². The van der Waals surface area contributed by atoms with Gasteiger partial charge in [0.2, 0.25) is 0 Å². The van der Waals surface area contributed by atoms with E-state index in [2.05, 4.69) is 0 Å². The fraction of sp³-hybridized carbons (Fsp3) is 0.588. The molecule has 114 valence electrons. The lowest BCUT2D eigenvalue weighted by Crippen LogP contribution is -2.08. The summed E-state index contributed by atoms with van der Waals surface area (Å²) in [5.41, 5.74) is 2.17. The molecule has 1 aromatic heterocycles. The summed E-state index contributed by atoms with van der Waals surface area (Å²) >= 11 is 0. The van der Waals surface area contributed by atoms with Crippen LogP contribution in [0.15, 0.2) is 27.4 Å². The van der Waals surface area contributed by atoms with E-state index in [1.54, 1.807) is 13.1 Å². The van der Waals surface area contributed by atoms with E-state index < -0.39 is 6.10 Å². The topological polar surface area (TPSA) is 55.4 Å². The summed E-state index contributed by atoms with van der Waals surface area (Å²) in [6.07, 6.45) is 8.00. The minimum atomic E-state index is -0.469. The average Bonchev–Trinajstić information content (AvgIpc) is 2.67. The summed E-state index contributed by atoms with van der Waals surface area (Å²) < 4.78 is 6.68. The van der Waals surface area contributed by atoms with E-state index in [4.69, 9.17) is 4.42 Å². The van der Waals surface area contributed by atoms with Crippen LogP contribution in [0.5, 0.6) is 0 Å². The zero-order valence-electron chi connectivity index (χ0n) is 12.5. The quantitative estimate of drug-likeness (QED) is 0.879. The van der Waals surface area contributed by atoms with Gasteiger partial charge >= 0.3 is 5.76 Å². The molecule has 1 aromatic carbocycles. The van der Waals surface area contributed by atoms with E-state index in [1.165, 1.54) is 43.1 Å². The number of nitrogens with zero attached hydrogens (tertiary/aromatic N) is 1. The number of benzene rings is 1. The normalized spacial score (nSPS) is 18.8. The Morgan fingerprint density at radius 3 is 2.71 bits per heavy atom. The van der Waals surface area contributed by atoms with Crippen LogP contribution in [0.4, 0.5) is 0 Å². The number of aryl methyl sites for hydroxylation is 1. The Morgan fingerprint density at radius 2 is 2.00 bits per heavy atom. The van der Waals surface area contributed by atoms with Crippen LogP contribution in [0.1, 0.15) is 56.6 Å². The van der Waals surface area contributed by atoms with Crippen molar-refractivity contribution < 1.29 is 9.52 Å². The van der Waals surface area contributed by atoms with Crippen molar-refractivity contribution in [1.29, 1.82) is 0 Å². The van der Waals surface area contributed by atoms with Gasteiger partial charge in [-0.2, -0.15) is 0 Å². The van der Waals surface area contributed by atoms with Crippen LogP contribution < -0.4 is 5.76 Å². The molecule has 1 saturated carbocycles. The highest BCUT2D eigenvalue weighted by Crippen LogP contribution is 2.31. The van der Waals surface area contributed by atoms with Crippen LogP contribution in [-0.4, -0.2) is 9.67 Å². The van der Waals surface area contributed by atoms with Gasteiger partial charge in [-0.3, -0.25) is 4.57 Å². The van der Waals surface area contributed by atoms with Gasteiger partial charge in [-0.1, -0.05) is 44.6 Å². The third-order valence-electron chi connectivity index (χ3n) is 4.73. The minimum Gasteiger partial charge on any atom is -0.408 e. The number of aliphatic hydroxyl groups is 1. The number of hydrogen-bond donors (Lipinski definition) is 1.